The Bertz CT molecular complexity index is 807. The average molecular weight is 383 g/mol. The fraction of sp³-hybridized carbons (Fsp3) is 0.316. The third-order valence-corrected chi connectivity index (χ3v) is 4.52. The molecule has 0 aromatic heterocycles. The van der Waals surface area contributed by atoms with Crippen molar-refractivity contribution in [1.29, 1.82) is 0 Å². The van der Waals surface area contributed by atoms with Crippen LogP contribution in [0, 0.1) is 11.7 Å². The molecule has 144 valence electrons. The minimum absolute atomic E-state index is 0.0345. The minimum atomic E-state index is -4.38. The van der Waals surface area contributed by atoms with Gasteiger partial charge < -0.3 is 14.7 Å². The molecule has 1 saturated heterocycles. The molecule has 2 aromatic carbocycles. The first kappa shape index (κ1) is 19.0. The molecule has 8 heteroatoms. The highest BCUT2D eigenvalue weighted by molar-refractivity contribution is 5.69. The molecule has 1 aliphatic rings. The van der Waals surface area contributed by atoms with Gasteiger partial charge in [0.1, 0.15) is 5.75 Å². The van der Waals surface area contributed by atoms with E-state index in [0.717, 1.165) is 0 Å². The van der Waals surface area contributed by atoms with Gasteiger partial charge in [-0.3, -0.25) is 4.79 Å². The van der Waals surface area contributed by atoms with Crippen LogP contribution in [0.5, 0.6) is 11.5 Å². The van der Waals surface area contributed by atoms with Crippen LogP contribution in [0.15, 0.2) is 48.5 Å². The summed E-state index contributed by atoms with van der Waals surface area (Å²) in [5.74, 6) is -2.89. The summed E-state index contributed by atoms with van der Waals surface area (Å²) in [7, 11) is 0. The first-order valence-electron chi connectivity index (χ1n) is 8.31. The molecule has 0 aliphatic carbocycles. The maximum atomic E-state index is 13.6. The van der Waals surface area contributed by atoms with Crippen molar-refractivity contribution in [3.63, 3.8) is 0 Å². The SMILES string of the molecule is O=C(O)C[C@H]1C[C@H](C(F)(F)F)CN1c1ccc(Oc2ccccc2F)cc1. The molecule has 1 fully saturated rings. The number of carboxylic acids is 1. The van der Waals surface area contributed by atoms with E-state index >= 15 is 0 Å². The number of ether oxygens (including phenoxy) is 1. The van der Waals surface area contributed by atoms with Gasteiger partial charge in [-0.25, -0.2) is 4.39 Å². The second-order valence-corrected chi connectivity index (χ2v) is 6.40. The number of alkyl halides is 3. The highest BCUT2D eigenvalue weighted by Crippen LogP contribution is 2.40. The zero-order chi connectivity index (χ0) is 19.6. The lowest BCUT2D eigenvalue weighted by Gasteiger charge is -2.26. The van der Waals surface area contributed by atoms with Gasteiger partial charge in [0.2, 0.25) is 0 Å². The van der Waals surface area contributed by atoms with E-state index in [9.17, 15) is 22.4 Å². The predicted octanol–water partition coefficient (Wildman–Crippen LogP) is 4.85. The monoisotopic (exact) mass is 383 g/mol. The van der Waals surface area contributed by atoms with E-state index in [1.807, 2.05) is 0 Å². The maximum Gasteiger partial charge on any atom is 0.393 e. The number of para-hydroxylation sites is 1. The van der Waals surface area contributed by atoms with Crippen LogP contribution in [-0.2, 0) is 4.79 Å². The molecular weight excluding hydrogens is 366 g/mol. The van der Waals surface area contributed by atoms with Gasteiger partial charge in [0.25, 0.3) is 0 Å². The third kappa shape index (κ3) is 4.50. The molecule has 2 atom stereocenters. The number of nitrogens with zero attached hydrogens (tertiary/aromatic N) is 1. The van der Waals surface area contributed by atoms with Crippen molar-refractivity contribution in [2.75, 3.05) is 11.4 Å². The van der Waals surface area contributed by atoms with E-state index in [1.54, 1.807) is 18.2 Å². The Morgan fingerprint density at radius 2 is 1.81 bits per heavy atom. The number of rotatable bonds is 5. The second kappa shape index (κ2) is 7.46. The summed E-state index contributed by atoms with van der Waals surface area (Å²) < 4.78 is 58.3. The maximum absolute atomic E-state index is 13.6. The topological polar surface area (TPSA) is 49.8 Å². The van der Waals surface area contributed by atoms with E-state index in [-0.39, 0.29) is 25.1 Å². The van der Waals surface area contributed by atoms with Gasteiger partial charge in [-0.15, -0.1) is 0 Å². The van der Waals surface area contributed by atoms with Crippen LogP contribution in [0.1, 0.15) is 12.8 Å². The van der Waals surface area contributed by atoms with Crippen LogP contribution in [0.25, 0.3) is 0 Å². The second-order valence-electron chi connectivity index (χ2n) is 6.40. The van der Waals surface area contributed by atoms with Crippen molar-refractivity contribution in [3.8, 4) is 11.5 Å². The van der Waals surface area contributed by atoms with Gasteiger partial charge in [0.05, 0.1) is 12.3 Å². The number of hydrogen-bond acceptors (Lipinski definition) is 3. The lowest BCUT2D eigenvalue weighted by molar-refractivity contribution is -0.169. The lowest BCUT2D eigenvalue weighted by atomic mass is 10.0. The highest BCUT2D eigenvalue weighted by atomic mass is 19.4. The minimum Gasteiger partial charge on any atom is -0.481 e. The van der Waals surface area contributed by atoms with E-state index in [2.05, 4.69) is 0 Å². The number of benzene rings is 2. The molecule has 0 radical (unpaired) electrons. The van der Waals surface area contributed by atoms with E-state index < -0.39 is 29.9 Å². The summed E-state index contributed by atoms with van der Waals surface area (Å²) >= 11 is 0. The highest BCUT2D eigenvalue weighted by Gasteiger charge is 2.47. The van der Waals surface area contributed by atoms with Crippen LogP contribution in [0.2, 0.25) is 0 Å². The molecule has 4 nitrogen and oxygen atoms in total. The van der Waals surface area contributed by atoms with Gasteiger partial charge in [-0.2, -0.15) is 13.2 Å². The van der Waals surface area contributed by atoms with E-state index in [0.29, 0.717) is 11.4 Å². The lowest BCUT2D eigenvalue weighted by Crippen LogP contribution is -2.32. The Labute approximate surface area is 153 Å². The Morgan fingerprint density at radius 3 is 2.41 bits per heavy atom. The van der Waals surface area contributed by atoms with Gasteiger partial charge in [-0.1, -0.05) is 12.1 Å². The van der Waals surface area contributed by atoms with Crippen LogP contribution >= 0.6 is 0 Å². The molecule has 2 aromatic rings. The smallest absolute Gasteiger partial charge is 0.393 e. The summed E-state index contributed by atoms with van der Waals surface area (Å²) in [5.41, 5.74) is 0.467. The molecule has 0 spiro atoms. The zero-order valence-electron chi connectivity index (χ0n) is 14.1. The molecule has 0 bridgehead atoms. The summed E-state index contributed by atoms with van der Waals surface area (Å²) in [5, 5.41) is 9.00. The van der Waals surface area contributed by atoms with Gasteiger partial charge in [0, 0.05) is 18.3 Å². The molecular formula is C19H17F4NO3. The number of hydrogen-bond donors (Lipinski definition) is 1. The van der Waals surface area contributed by atoms with Gasteiger partial charge in [-0.05, 0) is 42.8 Å². The molecule has 1 aliphatic heterocycles. The standard InChI is InChI=1S/C19H17F4NO3/c20-16-3-1-2-4-17(16)27-15-7-5-13(6-8-15)24-11-12(19(21,22)23)9-14(24)10-18(25)26/h1-8,12,14H,9-11H2,(H,25,26)/t12-,14+/m0/s1. The van der Waals surface area contributed by atoms with Crippen LogP contribution < -0.4 is 9.64 Å². The van der Waals surface area contributed by atoms with Crippen LogP contribution in [0.3, 0.4) is 0 Å². The van der Waals surface area contributed by atoms with Crippen molar-refractivity contribution >= 4 is 11.7 Å². The van der Waals surface area contributed by atoms with Gasteiger partial charge in [0.15, 0.2) is 11.6 Å². The Balaban J connectivity index is 1.77. The quantitative estimate of drug-likeness (QED) is 0.750. The number of halogens is 4. The zero-order valence-corrected chi connectivity index (χ0v) is 14.1. The summed E-state index contributed by atoms with van der Waals surface area (Å²) in [6, 6.07) is 11.2. The number of aliphatic carboxylic acids is 1. The fourth-order valence-corrected chi connectivity index (χ4v) is 3.23. The molecule has 0 amide bonds. The summed E-state index contributed by atoms with van der Waals surface area (Å²) in [6.07, 6.45) is -5.01. The Hall–Kier alpha value is -2.77. The van der Waals surface area contributed by atoms with Crippen molar-refractivity contribution in [1.82, 2.24) is 0 Å². The first-order valence-corrected chi connectivity index (χ1v) is 8.31. The Morgan fingerprint density at radius 1 is 1.15 bits per heavy atom. The van der Waals surface area contributed by atoms with Crippen LogP contribution in [0.4, 0.5) is 23.2 Å². The first-order chi connectivity index (χ1) is 12.7. The van der Waals surface area contributed by atoms with Crippen molar-refractivity contribution in [2.45, 2.75) is 25.1 Å². The predicted molar refractivity (Wildman–Crippen MR) is 90.5 cm³/mol. The molecule has 1 heterocycles. The largest absolute Gasteiger partial charge is 0.481 e. The van der Waals surface area contributed by atoms with E-state index in [1.165, 1.54) is 35.2 Å². The van der Waals surface area contributed by atoms with Crippen molar-refractivity contribution < 1.29 is 32.2 Å². The molecule has 27 heavy (non-hydrogen) atoms. The summed E-state index contributed by atoms with van der Waals surface area (Å²) in [6.45, 7) is -0.297. The average Bonchev–Trinajstić information content (AvgIpc) is 3.01. The normalized spacial score (nSPS) is 19.9. The molecule has 0 saturated carbocycles. The molecule has 0 unspecified atom stereocenters. The Kier molecular flexibility index (Phi) is 5.25. The fourth-order valence-electron chi connectivity index (χ4n) is 3.23. The molecule has 1 N–H and O–H groups in total. The van der Waals surface area contributed by atoms with Crippen molar-refractivity contribution in [2.24, 2.45) is 5.92 Å². The van der Waals surface area contributed by atoms with Gasteiger partial charge >= 0.3 is 12.1 Å². The molecule has 3 rings (SSSR count). The van der Waals surface area contributed by atoms with Crippen molar-refractivity contribution in [3.05, 3.63) is 54.3 Å². The van der Waals surface area contributed by atoms with E-state index in [4.69, 9.17) is 9.84 Å². The number of carbonyl (C=O) groups is 1. The summed E-state index contributed by atoms with van der Waals surface area (Å²) in [4.78, 5) is 12.5. The number of carboxylic acid groups (broad SMARTS) is 1. The van der Waals surface area contributed by atoms with Crippen LogP contribution in [-0.4, -0.2) is 29.8 Å². The third-order valence-electron chi connectivity index (χ3n) is 4.52. The number of anilines is 1.